The zero-order valence-electron chi connectivity index (χ0n) is 19.8. The maximum absolute atomic E-state index is 13.7. The van der Waals surface area contributed by atoms with E-state index in [4.69, 9.17) is 9.47 Å². The van der Waals surface area contributed by atoms with Crippen molar-refractivity contribution in [1.29, 1.82) is 0 Å². The third kappa shape index (κ3) is 6.51. The Morgan fingerprint density at radius 1 is 1.03 bits per heavy atom. The van der Waals surface area contributed by atoms with Crippen LogP contribution in [0.1, 0.15) is 18.1 Å². The van der Waals surface area contributed by atoms with Gasteiger partial charge in [-0.2, -0.15) is 5.10 Å². The molecule has 3 aromatic rings. The first-order chi connectivity index (χ1) is 16.6. The number of methoxy groups -OCH3 is 2. The molecule has 184 valence electrons. The summed E-state index contributed by atoms with van der Waals surface area (Å²) in [5.41, 5.74) is 4.98. The van der Waals surface area contributed by atoms with Crippen LogP contribution in [0.3, 0.4) is 0 Å². The maximum Gasteiger partial charge on any atom is 0.264 e. The lowest BCUT2D eigenvalue weighted by atomic mass is 10.1. The molecule has 0 unspecified atom stereocenters. The minimum Gasteiger partial charge on any atom is -0.497 e. The Morgan fingerprint density at radius 2 is 1.74 bits per heavy atom. The SMILES string of the molecule is COc1ccc(OC)c(N(CC(=O)N/N=C(/C)c2cccc(I)c2)S(=O)(=O)c2ccc(C)cc2)c1. The summed E-state index contributed by atoms with van der Waals surface area (Å²) in [5, 5.41) is 4.16. The van der Waals surface area contributed by atoms with Crippen LogP contribution in [0.25, 0.3) is 0 Å². The lowest BCUT2D eigenvalue weighted by Crippen LogP contribution is -2.40. The fourth-order valence-electron chi connectivity index (χ4n) is 3.22. The van der Waals surface area contributed by atoms with Gasteiger partial charge in [0.2, 0.25) is 0 Å². The molecule has 1 amide bonds. The van der Waals surface area contributed by atoms with Gasteiger partial charge in [-0.1, -0.05) is 29.8 Å². The average Bonchev–Trinajstić information content (AvgIpc) is 2.85. The number of ether oxygens (including phenoxy) is 2. The number of hydrazone groups is 1. The van der Waals surface area contributed by atoms with E-state index >= 15 is 0 Å². The molecular formula is C25H26IN3O5S. The van der Waals surface area contributed by atoms with E-state index in [1.807, 2.05) is 31.2 Å². The number of rotatable bonds is 9. The average molecular weight is 607 g/mol. The van der Waals surface area contributed by atoms with E-state index in [2.05, 4.69) is 33.1 Å². The molecule has 3 aromatic carbocycles. The van der Waals surface area contributed by atoms with Crippen molar-refractivity contribution in [3.63, 3.8) is 0 Å². The number of hydrogen-bond donors (Lipinski definition) is 1. The standard InChI is InChI=1S/C25H26IN3O5S/c1-17-8-11-22(12-9-17)35(31,32)29(23-15-21(33-3)10-13-24(23)34-4)16-25(30)28-27-18(2)19-6-5-7-20(26)14-19/h5-15H,16H2,1-4H3,(H,28,30)/b27-18-. The van der Waals surface area contributed by atoms with Gasteiger partial charge in [0.1, 0.15) is 18.0 Å². The molecule has 0 heterocycles. The quantitative estimate of drug-likeness (QED) is 0.222. The van der Waals surface area contributed by atoms with Crippen molar-refractivity contribution in [3.05, 3.63) is 81.4 Å². The van der Waals surface area contributed by atoms with Gasteiger partial charge < -0.3 is 9.47 Å². The van der Waals surface area contributed by atoms with Crippen molar-refractivity contribution in [3.8, 4) is 11.5 Å². The third-order valence-electron chi connectivity index (χ3n) is 5.14. The number of aryl methyl sites for hydroxylation is 1. The van der Waals surface area contributed by atoms with Crippen LogP contribution >= 0.6 is 22.6 Å². The number of carbonyl (C=O) groups excluding carboxylic acids is 1. The Kier molecular flexibility index (Phi) is 8.73. The van der Waals surface area contributed by atoms with Gasteiger partial charge in [0, 0.05) is 9.64 Å². The third-order valence-corrected chi connectivity index (χ3v) is 7.59. The van der Waals surface area contributed by atoms with Crippen LogP contribution in [-0.4, -0.2) is 40.8 Å². The van der Waals surface area contributed by atoms with Crippen molar-refractivity contribution in [2.45, 2.75) is 18.7 Å². The van der Waals surface area contributed by atoms with E-state index in [0.717, 1.165) is 19.0 Å². The number of amides is 1. The fraction of sp³-hybridized carbons (Fsp3) is 0.200. The Hall–Kier alpha value is -3.12. The highest BCUT2D eigenvalue weighted by Crippen LogP contribution is 2.35. The molecule has 8 nitrogen and oxygen atoms in total. The number of hydrogen-bond acceptors (Lipinski definition) is 6. The number of sulfonamides is 1. The molecule has 10 heteroatoms. The van der Waals surface area contributed by atoms with Crippen LogP contribution < -0.4 is 19.2 Å². The van der Waals surface area contributed by atoms with Gasteiger partial charge in [-0.25, -0.2) is 13.8 Å². The highest BCUT2D eigenvalue weighted by molar-refractivity contribution is 14.1. The van der Waals surface area contributed by atoms with Crippen LogP contribution in [0.5, 0.6) is 11.5 Å². The number of halogens is 1. The second-order valence-corrected chi connectivity index (χ2v) is 10.7. The largest absolute Gasteiger partial charge is 0.497 e. The minimum atomic E-state index is -4.13. The van der Waals surface area contributed by atoms with Crippen LogP contribution in [0.15, 0.2) is 76.7 Å². The molecule has 0 aromatic heterocycles. The van der Waals surface area contributed by atoms with E-state index in [1.165, 1.54) is 32.4 Å². The summed E-state index contributed by atoms with van der Waals surface area (Å²) in [6.45, 7) is 3.10. The summed E-state index contributed by atoms with van der Waals surface area (Å²) in [6.07, 6.45) is 0. The first-order valence-corrected chi connectivity index (χ1v) is 13.1. The Bertz CT molecular complexity index is 1340. The fourth-order valence-corrected chi connectivity index (χ4v) is 5.19. The zero-order chi connectivity index (χ0) is 25.6. The second kappa shape index (κ2) is 11.5. The van der Waals surface area contributed by atoms with Gasteiger partial charge >= 0.3 is 0 Å². The van der Waals surface area contributed by atoms with Gasteiger partial charge in [0.25, 0.3) is 15.9 Å². The van der Waals surface area contributed by atoms with Crippen LogP contribution in [0.4, 0.5) is 5.69 Å². The Balaban J connectivity index is 1.98. The molecule has 1 N–H and O–H groups in total. The van der Waals surface area contributed by atoms with Crippen molar-refractivity contribution >= 4 is 49.9 Å². The monoisotopic (exact) mass is 607 g/mol. The van der Waals surface area contributed by atoms with Gasteiger partial charge in [-0.15, -0.1) is 0 Å². The topological polar surface area (TPSA) is 97.3 Å². The molecule has 0 atom stereocenters. The summed E-state index contributed by atoms with van der Waals surface area (Å²) in [6, 6.07) is 18.8. The molecular weight excluding hydrogens is 581 g/mol. The first-order valence-electron chi connectivity index (χ1n) is 10.6. The summed E-state index contributed by atoms with van der Waals surface area (Å²) in [7, 11) is -1.23. The van der Waals surface area contributed by atoms with E-state index in [0.29, 0.717) is 11.5 Å². The predicted molar refractivity (Wildman–Crippen MR) is 145 cm³/mol. The maximum atomic E-state index is 13.7. The molecule has 0 radical (unpaired) electrons. The lowest BCUT2D eigenvalue weighted by Gasteiger charge is -2.25. The molecule has 0 saturated carbocycles. The number of anilines is 1. The summed E-state index contributed by atoms with van der Waals surface area (Å²) >= 11 is 2.19. The second-order valence-electron chi connectivity index (χ2n) is 7.61. The van der Waals surface area contributed by atoms with E-state index in [9.17, 15) is 13.2 Å². The van der Waals surface area contributed by atoms with Crippen LogP contribution in [-0.2, 0) is 14.8 Å². The number of carbonyl (C=O) groups is 1. The van der Waals surface area contributed by atoms with Gasteiger partial charge in [0.15, 0.2) is 0 Å². The van der Waals surface area contributed by atoms with Gasteiger partial charge in [0.05, 0.1) is 30.5 Å². The summed E-state index contributed by atoms with van der Waals surface area (Å²) in [5.74, 6) is 0.0706. The van der Waals surface area contributed by atoms with Crippen LogP contribution in [0, 0.1) is 10.5 Å². The molecule has 0 spiro atoms. The van der Waals surface area contributed by atoms with Gasteiger partial charge in [-0.3, -0.25) is 9.10 Å². The molecule has 0 aliphatic heterocycles. The highest BCUT2D eigenvalue weighted by atomic mass is 127. The van der Waals surface area contributed by atoms with Crippen molar-refractivity contribution in [2.24, 2.45) is 5.10 Å². The number of benzene rings is 3. The first kappa shape index (κ1) is 26.5. The highest BCUT2D eigenvalue weighted by Gasteiger charge is 2.30. The van der Waals surface area contributed by atoms with E-state index in [-0.39, 0.29) is 16.3 Å². The number of nitrogens with zero attached hydrogens (tertiary/aromatic N) is 2. The smallest absolute Gasteiger partial charge is 0.264 e. The molecule has 0 saturated heterocycles. The normalized spacial score (nSPS) is 11.6. The molecule has 0 aliphatic rings. The van der Waals surface area contributed by atoms with E-state index < -0.39 is 22.5 Å². The zero-order valence-corrected chi connectivity index (χ0v) is 22.8. The Morgan fingerprint density at radius 3 is 2.37 bits per heavy atom. The van der Waals surface area contributed by atoms with Crippen LogP contribution in [0.2, 0.25) is 0 Å². The van der Waals surface area contributed by atoms with E-state index in [1.54, 1.807) is 31.2 Å². The molecule has 0 fully saturated rings. The summed E-state index contributed by atoms with van der Waals surface area (Å²) in [4.78, 5) is 13.0. The van der Waals surface area contributed by atoms with Gasteiger partial charge in [-0.05, 0) is 78.4 Å². The van der Waals surface area contributed by atoms with Crippen molar-refractivity contribution in [2.75, 3.05) is 25.1 Å². The molecule has 0 aliphatic carbocycles. The molecule has 3 rings (SSSR count). The minimum absolute atomic E-state index is 0.0410. The van der Waals surface area contributed by atoms with Crippen molar-refractivity contribution < 1.29 is 22.7 Å². The molecule has 0 bridgehead atoms. The summed E-state index contributed by atoms with van der Waals surface area (Å²) < 4.78 is 40.0. The lowest BCUT2D eigenvalue weighted by molar-refractivity contribution is -0.119. The van der Waals surface area contributed by atoms with Crippen molar-refractivity contribution in [1.82, 2.24) is 5.43 Å². The molecule has 35 heavy (non-hydrogen) atoms. The Labute approximate surface area is 219 Å². The number of nitrogens with one attached hydrogen (secondary N) is 1. The predicted octanol–water partition coefficient (Wildman–Crippen LogP) is 4.35.